The molecule has 0 aromatic heterocycles. The van der Waals surface area contributed by atoms with Crippen molar-refractivity contribution in [3.63, 3.8) is 0 Å². The maximum Gasteiger partial charge on any atom is 0.251 e. The first-order valence-electron chi connectivity index (χ1n) is 9.45. The molecule has 1 atom stereocenters. The summed E-state index contributed by atoms with van der Waals surface area (Å²) in [6.45, 7) is 6.66. The molecule has 0 saturated heterocycles. The van der Waals surface area contributed by atoms with Crippen LogP contribution in [-0.2, 0) is 6.42 Å². The van der Waals surface area contributed by atoms with E-state index in [2.05, 4.69) is 48.0 Å². The molecule has 2 aromatic rings. The van der Waals surface area contributed by atoms with Gasteiger partial charge in [-0.2, -0.15) is 0 Å². The fourth-order valence-electron chi connectivity index (χ4n) is 2.94. The lowest BCUT2D eigenvalue weighted by Gasteiger charge is -2.25. The van der Waals surface area contributed by atoms with Crippen LogP contribution < -0.4 is 14.8 Å². The number of likely N-dealkylation sites (N-methyl/N-ethyl adjacent to an activating group) is 1. The maximum absolute atomic E-state index is 12.7. The third kappa shape index (κ3) is 5.60. The van der Waals surface area contributed by atoms with Crippen molar-refractivity contribution in [3.8, 4) is 11.5 Å². The predicted octanol–water partition coefficient (Wildman–Crippen LogP) is 3.86. The zero-order valence-corrected chi connectivity index (χ0v) is 17.2. The molecule has 2 aromatic carbocycles. The third-order valence-corrected chi connectivity index (χ3v) is 4.63. The average Bonchev–Trinajstić information content (AvgIpc) is 2.72. The number of carbonyl (C=O) groups is 1. The zero-order chi connectivity index (χ0) is 20.5. The van der Waals surface area contributed by atoms with Gasteiger partial charge in [0.2, 0.25) is 0 Å². The van der Waals surface area contributed by atoms with Crippen molar-refractivity contribution < 1.29 is 14.3 Å². The Morgan fingerprint density at radius 2 is 1.89 bits per heavy atom. The van der Waals surface area contributed by atoms with Crippen LogP contribution >= 0.6 is 0 Å². The molecule has 0 saturated carbocycles. The van der Waals surface area contributed by atoms with Crippen molar-refractivity contribution in [2.75, 3.05) is 34.4 Å². The number of nitrogens with one attached hydrogen (secondary N) is 1. The van der Waals surface area contributed by atoms with Gasteiger partial charge in [-0.15, -0.1) is 0 Å². The molecule has 0 aliphatic carbocycles. The Balaban J connectivity index is 2.08. The first-order chi connectivity index (χ1) is 13.5. The number of amides is 1. The van der Waals surface area contributed by atoms with Crippen molar-refractivity contribution in [1.82, 2.24) is 10.2 Å². The normalized spacial score (nSPS) is 11.8. The highest BCUT2D eigenvalue weighted by molar-refractivity contribution is 5.94. The minimum atomic E-state index is -0.148. The summed E-state index contributed by atoms with van der Waals surface area (Å²) in [5.41, 5.74) is 3.01. The van der Waals surface area contributed by atoms with Gasteiger partial charge >= 0.3 is 0 Å². The fraction of sp³-hybridized carbons (Fsp3) is 0.348. The molecular formula is C23H30N2O3. The summed E-state index contributed by atoms with van der Waals surface area (Å²) >= 11 is 0. The van der Waals surface area contributed by atoms with Crippen LogP contribution in [0.15, 0.2) is 55.1 Å². The van der Waals surface area contributed by atoms with E-state index in [1.165, 1.54) is 11.1 Å². The van der Waals surface area contributed by atoms with E-state index in [4.69, 9.17) is 9.47 Å². The lowest BCUT2D eigenvalue weighted by molar-refractivity contribution is 0.0941. The zero-order valence-electron chi connectivity index (χ0n) is 17.2. The van der Waals surface area contributed by atoms with Gasteiger partial charge in [0.25, 0.3) is 5.91 Å². The van der Waals surface area contributed by atoms with E-state index in [9.17, 15) is 4.79 Å². The SMILES string of the molecule is C=CCOc1ccc(C(=O)NCC(c2ccc(CC)cc2)N(C)C)cc1OC. The summed E-state index contributed by atoms with van der Waals surface area (Å²) in [5, 5.41) is 3.03. The Hall–Kier alpha value is -2.79. The Morgan fingerprint density at radius 3 is 2.46 bits per heavy atom. The summed E-state index contributed by atoms with van der Waals surface area (Å²) in [5.74, 6) is 0.959. The smallest absolute Gasteiger partial charge is 0.251 e. The second-order valence-electron chi connectivity index (χ2n) is 6.75. The summed E-state index contributed by atoms with van der Waals surface area (Å²) in [6, 6.07) is 13.8. The quantitative estimate of drug-likeness (QED) is 0.634. The van der Waals surface area contributed by atoms with Crippen molar-refractivity contribution >= 4 is 5.91 Å². The highest BCUT2D eigenvalue weighted by Crippen LogP contribution is 2.28. The van der Waals surface area contributed by atoms with Crippen LogP contribution in [0.3, 0.4) is 0 Å². The number of aryl methyl sites for hydroxylation is 1. The molecule has 0 heterocycles. The Labute approximate surface area is 168 Å². The molecule has 1 unspecified atom stereocenters. The number of ether oxygens (including phenoxy) is 2. The first kappa shape index (κ1) is 21.5. The average molecular weight is 383 g/mol. The van der Waals surface area contributed by atoms with Crippen LogP contribution in [0.4, 0.5) is 0 Å². The Kier molecular flexibility index (Phi) is 8.08. The van der Waals surface area contributed by atoms with Gasteiger partial charge in [-0.05, 0) is 49.8 Å². The topological polar surface area (TPSA) is 50.8 Å². The molecule has 1 amide bonds. The molecule has 0 bridgehead atoms. The number of hydrogen-bond acceptors (Lipinski definition) is 4. The minimum Gasteiger partial charge on any atom is -0.493 e. The van der Waals surface area contributed by atoms with Crippen molar-refractivity contribution in [3.05, 3.63) is 71.8 Å². The summed E-state index contributed by atoms with van der Waals surface area (Å²) < 4.78 is 10.9. The molecule has 2 rings (SSSR count). The molecule has 0 fully saturated rings. The third-order valence-electron chi connectivity index (χ3n) is 4.63. The van der Waals surface area contributed by atoms with Gasteiger partial charge < -0.3 is 19.7 Å². The van der Waals surface area contributed by atoms with E-state index < -0.39 is 0 Å². The minimum absolute atomic E-state index is 0.0898. The van der Waals surface area contributed by atoms with Gasteiger partial charge in [-0.25, -0.2) is 0 Å². The number of carbonyl (C=O) groups excluding carboxylic acids is 1. The number of hydrogen-bond donors (Lipinski definition) is 1. The van der Waals surface area contributed by atoms with Crippen LogP contribution in [0.1, 0.15) is 34.5 Å². The van der Waals surface area contributed by atoms with Gasteiger partial charge in [0.1, 0.15) is 6.61 Å². The highest BCUT2D eigenvalue weighted by Gasteiger charge is 2.17. The van der Waals surface area contributed by atoms with Crippen molar-refractivity contribution in [2.45, 2.75) is 19.4 Å². The molecule has 0 spiro atoms. The molecule has 5 heteroatoms. The van der Waals surface area contributed by atoms with E-state index in [-0.39, 0.29) is 11.9 Å². The number of rotatable bonds is 10. The second-order valence-corrected chi connectivity index (χ2v) is 6.75. The van der Waals surface area contributed by atoms with E-state index in [0.29, 0.717) is 30.2 Å². The molecule has 28 heavy (non-hydrogen) atoms. The van der Waals surface area contributed by atoms with Gasteiger partial charge in [-0.3, -0.25) is 4.79 Å². The van der Waals surface area contributed by atoms with E-state index in [1.807, 2.05) is 14.1 Å². The van der Waals surface area contributed by atoms with Crippen LogP contribution in [0.25, 0.3) is 0 Å². The first-order valence-corrected chi connectivity index (χ1v) is 9.45. The van der Waals surface area contributed by atoms with Gasteiger partial charge in [0, 0.05) is 12.1 Å². The van der Waals surface area contributed by atoms with Crippen molar-refractivity contribution in [1.29, 1.82) is 0 Å². The molecule has 0 radical (unpaired) electrons. The second kappa shape index (κ2) is 10.5. The molecule has 1 N–H and O–H groups in total. The lowest BCUT2D eigenvalue weighted by atomic mass is 10.0. The van der Waals surface area contributed by atoms with E-state index in [1.54, 1.807) is 31.4 Å². The summed E-state index contributed by atoms with van der Waals surface area (Å²) in [6.07, 6.45) is 2.67. The lowest BCUT2D eigenvalue weighted by Crippen LogP contribution is -2.34. The van der Waals surface area contributed by atoms with Crippen LogP contribution in [0.2, 0.25) is 0 Å². The van der Waals surface area contributed by atoms with Crippen LogP contribution in [0, 0.1) is 0 Å². The van der Waals surface area contributed by atoms with Gasteiger partial charge in [0.05, 0.1) is 13.2 Å². The summed E-state index contributed by atoms with van der Waals surface area (Å²) in [4.78, 5) is 14.8. The highest BCUT2D eigenvalue weighted by atomic mass is 16.5. The fourth-order valence-corrected chi connectivity index (χ4v) is 2.94. The molecule has 0 aliphatic heterocycles. The molecule has 5 nitrogen and oxygen atoms in total. The molecule has 0 aliphatic rings. The van der Waals surface area contributed by atoms with E-state index in [0.717, 1.165) is 6.42 Å². The monoisotopic (exact) mass is 382 g/mol. The Morgan fingerprint density at radius 1 is 1.18 bits per heavy atom. The number of benzene rings is 2. The molecule has 150 valence electrons. The van der Waals surface area contributed by atoms with E-state index >= 15 is 0 Å². The van der Waals surface area contributed by atoms with Crippen molar-refractivity contribution in [2.24, 2.45) is 0 Å². The maximum atomic E-state index is 12.7. The van der Waals surface area contributed by atoms with Gasteiger partial charge in [-0.1, -0.05) is 43.8 Å². The van der Waals surface area contributed by atoms with Gasteiger partial charge in [0.15, 0.2) is 11.5 Å². The largest absolute Gasteiger partial charge is 0.493 e. The summed E-state index contributed by atoms with van der Waals surface area (Å²) in [7, 11) is 5.58. The Bertz CT molecular complexity index is 785. The van der Waals surface area contributed by atoms with Crippen LogP contribution in [-0.4, -0.2) is 45.2 Å². The number of methoxy groups -OCH3 is 1. The van der Waals surface area contributed by atoms with Crippen LogP contribution in [0.5, 0.6) is 11.5 Å². The number of nitrogens with zero attached hydrogens (tertiary/aromatic N) is 1. The molecular weight excluding hydrogens is 352 g/mol. The predicted molar refractivity (Wildman–Crippen MR) is 113 cm³/mol. The standard InChI is InChI=1S/C23H30N2O3/c1-6-14-28-21-13-12-19(15-22(21)27-5)23(26)24-16-20(25(3)4)18-10-8-17(7-2)9-11-18/h6,8-13,15,20H,1,7,14,16H2,2-5H3,(H,24,26).